The number of pyridine rings is 1. The van der Waals surface area contributed by atoms with Gasteiger partial charge in [-0.2, -0.15) is 0 Å². The van der Waals surface area contributed by atoms with E-state index in [9.17, 15) is 4.79 Å². The lowest BCUT2D eigenvalue weighted by atomic mass is 10.3. The molecule has 0 unspecified atom stereocenters. The molecule has 5 heteroatoms. The van der Waals surface area contributed by atoms with E-state index >= 15 is 0 Å². The summed E-state index contributed by atoms with van der Waals surface area (Å²) in [7, 11) is 1.32. The van der Waals surface area contributed by atoms with E-state index in [1.165, 1.54) is 13.3 Å². The van der Waals surface area contributed by atoms with Gasteiger partial charge < -0.3 is 14.8 Å². The molecule has 94 valence electrons. The average molecular weight is 238 g/mol. The number of hydrogen-bond acceptors (Lipinski definition) is 5. The van der Waals surface area contributed by atoms with Crippen LogP contribution < -0.4 is 10.1 Å². The van der Waals surface area contributed by atoms with Crippen molar-refractivity contribution in [3.05, 3.63) is 24.0 Å². The second-order valence-corrected chi connectivity index (χ2v) is 3.83. The number of ether oxygens (including phenoxy) is 2. The van der Waals surface area contributed by atoms with E-state index in [-0.39, 0.29) is 5.69 Å². The molecule has 0 aromatic carbocycles. The van der Waals surface area contributed by atoms with Crippen molar-refractivity contribution < 1.29 is 14.3 Å². The van der Waals surface area contributed by atoms with Crippen molar-refractivity contribution in [1.82, 2.24) is 10.3 Å². The number of nitrogens with zero attached hydrogens (tertiary/aromatic N) is 1. The predicted molar refractivity (Wildman–Crippen MR) is 64.2 cm³/mol. The highest BCUT2D eigenvalue weighted by Gasteiger charge is 2.07. The first kappa shape index (κ1) is 13.4. The SMILES string of the molecule is COC(=O)c1cc(OCCNC(C)C)ccn1. The quantitative estimate of drug-likeness (QED) is 0.597. The van der Waals surface area contributed by atoms with Gasteiger partial charge in [-0.1, -0.05) is 13.8 Å². The summed E-state index contributed by atoms with van der Waals surface area (Å²) in [6, 6.07) is 3.71. The number of hydrogen-bond donors (Lipinski definition) is 1. The summed E-state index contributed by atoms with van der Waals surface area (Å²) in [5, 5.41) is 3.23. The van der Waals surface area contributed by atoms with Gasteiger partial charge in [0.25, 0.3) is 0 Å². The Morgan fingerprint density at radius 3 is 2.94 bits per heavy atom. The minimum absolute atomic E-state index is 0.252. The predicted octanol–water partition coefficient (Wildman–Crippen LogP) is 1.24. The topological polar surface area (TPSA) is 60.5 Å². The Balaban J connectivity index is 2.46. The third-order valence-corrected chi connectivity index (χ3v) is 2.05. The third-order valence-electron chi connectivity index (χ3n) is 2.05. The number of aromatic nitrogens is 1. The molecular formula is C12H18N2O3. The summed E-state index contributed by atoms with van der Waals surface area (Å²) in [6.45, 7) is 5.44. The summed E-state index contributed by atoms with van der Waals surface area (Å²) in [5.74, 6) is 0.154. The van der Waals surface area contributed by atoms with Gasteiger partial charge in [-0.15, -0.1) is 0 Å². The van der Waals surface area contributed by atoms with E-state index in [1.807, 2.05) is 0 Å². The van der Waals surface area contributed by atoms with Gasteiger partial charge in [0.1, 0.15) is 12.4 Å². The van der Waals surface area contributed by atoms with Crippen molar-refractivity contribution in [2.24, 2.45) is 0 Å². The van der Waals surface area contributed by atoms with Crippen LogP contribution in [-0.2, 0) is 4.74 Å². The van der Waals surface area contributed by atoms with Crippen LogP contribution in [0.5, 0.6) is 5.75 Å². The molecule has 1 heterocycles. The molecule has 0 amide bonds. The molecule has 17 heavy (non-hydrogen) atoms. The van der Waals surface area contributed by atoms with Gasteiger partial charge in [0.2, 0.25) is 0 Å². The van der Waals surface area contributed by atoms with Gasteiger partial charge >= 0.3 is 5.97 Å². The van der Waals surface area contributed by atoms with Crippen molar-refractivity contribution in [3.63, 3.8) is 0 Å². The fourth-order valence-electron chi connectivity index (χ4n) is 1.23. The highest BCUT2D eigenvalue weighted by atomic mass is 16.5. The summed E-state index contributed by atoms with van der Waals surface area (Å²) in [6.07, 6.45) is 1.53. The summed E-state index contributed by atoms with van der Waals surface area (Å²) in [4.78, 5) is 15.1. The van der Waals surface area contributed by atoms with E-state index in [4.69, 9.17) is 4.74 Å². The van der Waals surface area contributed by atoms with Crippen LogP contribution in [0.1, 0.15) is 24.3 Å². The van der Waals surface area contributed by atoms with Crippen molar-refractivity contribution in [1.29, 1.82) is 0 Å². The number of methoxy groups -OCH3 is 1. The molecule has 0 atom stereocenters. The Morgan fingerprint density at radius 1 is 1.53 bits per heavy atom. The fourth-order valence-corrected chi connectivity index (χ4v) is 1.23. The maximum atomic E-state index is 11.2. The summed E-state index contributed by atoms with van der Waals surface area (Å²) in [5.41, 5.74) is 0.252. The van der Waals surface area contributed by atoms with E-state index in [0.29, 0.717) is 18.4 Å². The molecule has 0 aliphatic carbocycles. The van der Waals surface area contributed by atoms with Crippen LogP contribution in [0.3, 0.4) is 0 Å². The molecule has 0 saturated carbocycles. The van der Waals surface area contributed by atoms with Gasteiger partial charge in [0.05, 0.1) is 7.11 Å². The zero-order chi connectivity index (χ0) is 12.7. The highest BCUT2D eigenvalue weighted by molar-refractivity contribution is 5.87. The summed E-state index contributed by atoms with van der Waals surface area (Å²) < 4.78 is 10.1. The molecule has 0 radical (unpaired) electrons. The lowest BCUT2D eigenvalue weighted by Crippen LogP contribution is -2.27. The number of esters is 1. The molecule has 0 fully saturated rings. The highest BCUT2D eigenvalue weighted by Crippen LogP contribution is 2.11. The standard InChI is InChI=1S/C12H18N2O3/c1-9(2)13-6-7-17-10-4-5-14-11(8-10)12(15)16-3/h4-5,8-9,13H,6-7H2,1-3H3. The number of carbonyl (C=O) groups is 1. The van der Waals surface area contributed by atoms with E-state index in [1.54, 1.807) is 12.1 Å². The van der Waals surface area contributed by atoms with Gasteiger partial charge in [0, 0.05) is 24.8 Å². The minimum atomic E-state index is -0.462. The molecule has 0 aliphatic rings. The third kappa shape index (κ3) is 4.82. The van der Waals surface area contributed by atoms with Gasteiger partial charge in [-0.05, 0) is 6.07 Å². The molecule has 0 bridgehead atoms. The lowest BCUT2D eigenvalue weighted by molar-refractivity contribution is 0.0593. The molecule has 1 rings (SSSR count). The Kier molecular flexibility index (Phi) is 5.42. The van der Waals surface area contributed by atoms with Crippen LogP contribution in [0, 0.1) is 0 Å². The first-order chi connectivity index (χ1) is 8.13. The normalized spacial score (nSPS) is 10.4. The summed E-state index contributed by atoms with van der Waals surface area (Å²) >= 11 is 0. The van der Waals surface area contributed by atoms with Crippen molar-refractivity contribution in [2.75, 3.05) is 20.3 Å². The number of carbonyl (C=O) groups excluding carboxylic acids is 1. The minimum Gasteiger partial charge on any atom is -0.492 e. The smallest absolute Gasteiger partial charge is 0.356 e. The zero-order valence-electron chi connectivity index (χ0n) is 10.4. The molecule has 0 spiro atoms. The van der Waals surface area contributed by atoms with Crippen molar-refractivity contribution in [2.45, 2.75) is 19.9 Å². The van der Waals surface area contributed by atoms with E-state index < -0.39 is 5.97 Å². The molecule has 1 N–H and O–H groups in total. The largest absolute Gasteiger partial charge is 0.492 e. The molecule has 1 aromatic rings. The second-order valence-electron chi connectivity index (χ2n) is 3.83. The molecular weight excluding hydrogens is 220 g/mol. The van der Waals surface area contributed by atoms with Gasteiger partial charge in [-0.3, -0.25) is 0 Å². The van der Waals surface area contributed by atoms with Crippen molar-refractivity contribution in [3.8, 4) is 5.75 Å². The Morgan fingerprint density at radius 2 is 2.29 bits per heavy atom. The Hall–Kier alpha value is -1.62. The first-order valence-corrected chi connectivity index (χ1v) is 5.54. The molecule has 5 nitrogen and oxygen atoms in total. The number of rotatable bonds is 6. The van der Waals surface area contributed by atoms with E-state index in [2.05, 4.69) is 28.9 Å². The molecule has 0 aliphatic heterocycles. The fraction of sp³-hybridized carbons (Fsp3) is 0.500. The van der Waals surface area contributed by atoms with Crippen LogP contribution in [-0.4, -0.2) is 37.3 Å². The van der Waals surface area contributed by atoms with Crippen LogP contribution in [0.25, 0.3) is 0 Å². The van der Waals surface area contributed by atoms with Gasteiger partial charge in [-0.25, -0.2) is 9.78 Å². The molecule has 0 saturated heterocycles. The second kappa shape index (κ2) is 6.85. The van der Waals surface area contributed by atoms with Crippen LogP contribution in [0.15, 0.2) is 18.3 Å². The Labute approximate surface area is 101 Å². The Bertz CT molecular complexity index is 367. The monoisotopic (exact) mass is 238 g/mol. The van der Waals surface area contributed by atoms with Crippen LogP contribution in [0.4, 0.5) is 0 Å². The van der Waals surface area contributed by atoms with Crippen LogP contribution >= 0.6 is 0 Å². The molecule has 1 aromatic heterocycles. The average Bonchev–Trinajstić information content (AvgIpc) is 2.34. The maximum Gasteiger partial charge on any atom is 0.356 e. The van der Waals surface area contributed by atoms with Gasteiger partial charge in [0.15, 0.2) is 5.69 Å². The van der Waals surface area contributed by atoms with E-state index in [0.717, 1.165) is 6.54 Å². The zero-order valence-corrected chi connectivity index (χ0v) is 10.4. The number of nitrogens with one attached hydrogen (secondary N) is 1. The van der Waals surface area contributed by atoms with Crippen molar-refractivity contribution >= 4 is 5.97 Å². The maximum absolute atomic E-state index is 11.2. The van der Waals surface area contributed by atoms with Crippen LogP contribution in [0.2, 0.25) is 0 Å². The lowest BCUT2D eigenvalue weighted by Gasteiger charge is -2.09. The first-order valence-electron chi connectivity index (χ1n) is 5.54.